The van der Waals surface area contributed by atoms with Gasteiger partial charge in [-0.05, 0) is 68.3 Å². The molecule has 10 heteroatoms. The quantitative estimate of drug-likeness (QED) is 0.296. The summed E-state index contributed by atoms with van der Waals surface area (Å²) in [7, 11) is 1.41. The van der Waals surface area contributed by atoms with Gasteiger partial charge in [0.15, 0.2) is 0 Å². The molecule has 3 amide bonds. The van der Waals surface area contributed by atoms with E-state index >= 15 is 0 Å². The van der Waals surface area contributed by atoms with Crippen LogP contribution >= 0.6 is 0 Å². The zero-order valence-electron chi connectivity index (χ0n) is 27.6. The van der Waals surface area contributed by atoms with Gasteiger partial charge in [0.1, 0.15) is 5.82 Å². The Morgan fingerprint density at radius 3 is 1.87 bits per heavy atom. The second-order valence-electron chi connectivity index (χ2n) is 12.1. The Hall–Kier alpha value is -4.18. The number of aromatic amines is 1. The molecule has 2 aromatic carbocycles. The summed E-state index contributed by atoms with van der Waals surface area (Å²) >= 11 is 0. The Morgan fingerprint density at radius 1 is 0.826 bits per heavy atom. The van der Waals surface area contributed by atoms with Crippen LogP contribution in [0.25, 0.3) is 0 Å². The number of H-pyrrole nitrogens is 1. The van der Waals surface area contributed by atoms with Gasteiger partial charge in [0.25, 0.3) is 0 Å². The predicted octanol–water partition coefficient (Wildman–Crippen LogP) is 5.97. The first-order valence-electron chi connectivity index (χ1n) is 16.7. The Kier molecular flexibility index (Phi) is 13.6. The van der Waals surface area contributed by atoms with Gasteiger partial charge in [0, 0.05) is 69.3 Å². The average molecular weight is 631 g/mol. The average Bonchev–Trinajstić information content (AvgIpc) is 3.63. The van der Waals surface area contributed by atoms with Gasteiger partial charge in [0.05, 0.1) is 13.7 Å². The Labute approximate surface area is 273 Å². The summed E-state index contributed by atoms with van der Waals surface area (Å²) in [6, 6.07) is 19.8. The van der Waals surface area contributed by atoms with Crippen molar-refractivity contribution < 1.29 is 19.1 Å². The minimum Gasteiger partial charge on any atom is -0.453 e. The molecular weight excluding hydrogens is 580 g/mol. The predicted molar refractivity (Wildman–Crippen MR) is 181 cm³/mol. The fourth-order valence-electron chi connectivity index (χ4n) is 6.37. The Balaban J connectivity index is 0.000000210. The third-order valence-electron chi connectivity index (χ3n) is 8.71. The topological polar surface area (TPSA) is 102 Å². The Morgan fingerprint density at radius 2 is 1.37 bits per heavy atom. The highest BCUT2D eigenvalue weighted by Crippen LogP contribution is 2.24. The maximum Gasteiger partial charge on any atom is 0.409 e. The first kappa shape index (κ1) is 34.7. The van der Waals surface area contributed by atoms with Gasteiger partial charge in [0.2, 0.25) is 11.8 Å². The minimum absolute atomic E-state index is 0.112. The molecule has 3 aromatic rings. The molecule has 2 aliphatic heterocycles. The van der Waals surface area contributed by atoms with E-state index in [4.69, 9.17) is 4.74 Å². The number of anilines is 2. The summed E-state index contributed by atoms with van der Waals surface area (Å²) in [6.07, 6.45) is 8.72. The van der Waals surface area contributed by atoms with Crippen molar-refractivity contribution in [3.63, 3.8) is 0 Å². The molecule has 1 aromatic heterocycles. The highest BCUT2D eigenvalue weighted by Gasteiger charge is 2.28. The summed E-state index contributed by atoms with van der Waals surface area (Å²) in [6.45, 7) is 9.60. The SMILES string of the molecule is CCC(=O)N(CC1CCCN(C(=O)OC)C1)c1ccccc1.CCC(=O)N(CC1CCCN(Cc2ncc[nH]2)C1)c1ccccc1. The maximum atomic E-state index is 12.4. The largest absolute Gasteiger partial charge is 0.453 e. The number of hydrogen-bond donors (Lipinski definition) is 1. The van der Waals surface area contributed by atoms with E-state index in [-0.39, 0.29) is 23.8 Å². The second kappa shape index (κ2) is 18.1. The van der Waals surface area contributed by atoms with Crippen LogP contribution in [0.4, 0.5) is 16.2 Å². The standard InChI is InChI=1S/C19H26N4O.C17H24N2O3/c1-2-19(24)23(17-8-4-3-5-9-17)14-16-7-6-12-22(13-16)15-18-20-10-11-21-18;1-3-16(20)19(15-9-5-4-6-10-15)13-14-8-7-11-18(12-14)17(21)22-2/h3-5,8-11,16H,2,6-7,12-15H2,1H3,(H,20,21);4-6,9-10,14H,3,7-8,11-13H2,1-2H3. The molecule has 46 heavy (non-hydrogen) atoms. The number of aromatic nitrogens is 2. The fraction of sp³-hybridized carbons (Fsp3) is 0.500. The number of nitrogens with one attached hydrogen (secondary N) is 1. The van der Waals surface area contributed by atoms with E-state index in [1.807, 2.05) is 90.5 Å². The number of para-hydroxylation sites is 2. The lowest BCUT2D eigenvalue weighted by Gasteiger charge is -2.35. The van der Waals surface area contributed by atoms with Crippen LogP contribution in [-0.4, -0.2) is 84.1 Å². The van der Waals surface area contributed by atoms with Crippen molar-refractivity contribution in [3.05, 3.63) is 78.9 Å². The molecule has 1 N–H and O–H groups in total. The lowest BCUT2D eigenvalue weighted by atomic mass is 9.97. The number of ether oxygens (including phenoxy) is 1. The number of rotatable bonds is 10. The molecule has 0 saturated carbocycles. The van der Waals surface area contributed by atoms with Gasteiger partial charge in [-0.3, -0.25) is 14.5 Å². The van der Waals surface area contributed by atoms with Gasteiger partial charge in [-0.15, -0.1) is 0 Å². The van der Waals surface area contributed by atoms with Crippen LogP contribution in [0.3, 0.4) is 0 Å². The van der Waals surface area contributed by atoms with E-state index in [1.54, 1.807) is 11.1 Å². The molecule has 2 unspecified atom stereocenters. The first-order valence-corrected chi connectivity index (χ1v) is 16.7. The number of piperidine rings is 2. The van der Waals surface area contributed by atoms with Crippen LogP contribution in [0.1, 0.15) is 58.2 Å². The first-order chi connectivity index (χ1) is 22.4. The van der Waals surface area contributed by atoms with Crippen LogP contribution in [0.5, 0.6) is 0 Å². The zero-order chi connectivity index (χ0) is 32.7. The van der Waals surface area contributed by atoms with Crippen molar-refractivity contribution in [2.75, 3.05) is 56.2 Å². The van der Waals surface area contributed by atoms with E-state index in [1.165, 1.54) is 20.0 Å². The van der Waals surface area contributed by atoms with Gasteiger partial charge in [-0.25, -0.2) is 9.78 Å². The van der Waals surface area contributed by atoms with Crippen molar-refractivity contribution in [2.45, 2.75) is 58.9 Å². The van der Waals surface area contributed by atoms with Crippen LogP contribution in [0.15, 0.2) is 73.1 Å². The van der Waals surface area contributed by atoms with Crippen molar-refractivity contribution in [1.82, 2.24) is 19.8 Å². The smallest absolute Gasteiger partial charge is 0.409 e. The number of imidazole rings is 1. The molecule has 248 valence electrons. The lowest BCUT2D eigenvalue weighted by molar-refractivity contribution is -0.119. The van der Waals surface area contributed by atoms with E-state index in [2.05, 4.69) is 14.9 Å². The van der Waals surface area contributed by atoms with Gasteiger partial charge >= 0.3 is 6.09 Å². The molecule has 0 spiro atoms. The molecule has 2 aliphatic rings. The van der Waals surface area contributed by atoms with Crippen molar-refractivity contribution in [2.24, 2.45) is 11.8 Å². The lowest BCUT2D eigenvalue weighted by Crippen LogP contribution is -2.45. The van der Waals surface area contributed by atoms with E-state index in [0.717, 1.165) is 62.8 Å². The van der Waals surface area contributed by atoms with Crippen molar-refractivity contribution in [1.29, 1.82) is 0 Å². The van der Waals surface area contributed by atoms with Crippen molar-refractivity contribution in [3.8, 4) is 0 Å². The fourth-order valence-corrected chi connectivity index (χ4v) is 6.37. The highest BCUT2D eigenvalue weighted by molar-refractivity contribution is 5.93. The number of methoxy groups -OCH3 is 1. The molecule has 2 fully saturated rings. The number of carbonyl (C=O) groups is 3. The molecule has 2 atom stereocenters. The monoisotopic (exact) mass is 630 g/mol. The number of hydrogen-bond acceptors (Lipinski definition) is 6. The van der Waals surface area contributed by atoms with Crippen LogP contribution in [0, 0.1) is 11.8 Å². The summed E-state index contributed by atoms with van der Waals surface area (Å²) in [5.74, 6) is 2.11. The molecule has 3 heterocycles. The molecule has 0 radical (unpaired) electrons. The number of likely N-dealkylation sites (tertiary alicyclic amines) is 2. The van der Waals surface area contributed by atoms with Crippen LogP contribution < -0.4 is 9.80 Å². The molecule has 0 aliphatic carbocycles. The molecule has 5 rings (SSSR count). The number of carbonyl (C=O) groups excluding carboxylic acids is 3. The van der Waals surface area contributed by atoms with Crippen LogP contribution in [0.2, 0.25) is 0 Å². The van der Waals surface area contributed by atoms with Crippen molar-refractivity contribution >= 4 is 29.3 Å². The normalized spacial score (nSPS) is 18.2. The number of nitrogens with zero attached hydrogens (tertiary/aromatic N) is 5. The summed E-state index contributed by atoms with van der Waals surface area (Å²) in [4.78, 5) is 51.8. The maximum absolute atomic E-state index is 12.4. The summed E-state index contributed by atoms with van der Waals surface area (Å²) in [5.41, 5.74) is 1.93. The van der Waals surface area contributed by atoms with Gasteiger partial charge < -0.3 is 24.4 Å². The van der Waals surface area contributed by atoms with E-state index in [0.29, 0.717) is 31.8 Å². The minimum atomic E-state index is -0.280. The Bertz CT molecular complexity index is 1340. The molecular formula is C36H50N6O4. The van der Waals surface area contributed by atoms with E-state index < -0.39 is 0 Å². The van der Waals surface area contributed by atoms with Gasteiger partial charge in [-0.1, -0.05) is 50.2 Å². The number of benzene rings is 2. The second-order valence-corrected chi connectivity index (χ2v) is 12.1. The highest BCUT2D eigenvalue weighted by atomic mass is 16.5. The molecule has 10 nitrogen and oxygen atoms in total. The van der Waals surface area contributed by atoms with Gasteiger partial charge in [-0.2, -0.15) is 0 Å². The third kappa shape index (κ3) is 10.2. The third-order valence-corrected chi connectivity index (χ3v) is 8.71. The molecule has 2 saturated heterocycles. The van der Waals surface area contributed by atoms with E-state index in [9.17, 15) is 14.4 Å². The molecule has 0 bridgehead atoms. The number of amides is 3. The summed E-state index contributed by atoms with van der Waals surface area (Å²) in [5, 5.41) is 0. The zero-order valence-corrected chi connectivity index (χ0v) is 27.6. The summed E-state index contributed by atoms with van der Waals surface area (Å²) < 4.78 is 4.80. The van der Waals surface area contributed by atoms with Crippen LogP contribution in [-0.2, 0) is 20.9 Å².